The van der Waals surface area contributed by atoms with Gasteiger partial charge in [0.25, 0.3) is 5.91 Å². The Balaban J connectivity index is 1.80. The summed E-state index contributed by atoms with van der Waals surface area (Å²) >= 11 is 0. The molecule has 2 rings (SSSR count). The zero-order chi connectivity index (χ0) is 13.7. The molecule has 1 aliphatic rings. The summed E-state index contributed by atoms with van der Waals surface area (Å²) < 4.78 is 25.9. The van der Waals surface area contributed by atoms with Crippen molar-refractivity contribution in [2.45, 2.75) is 19.3 Å². The number of carbonyl (C=O) groups is 1. The molecule has 0 aromatic heterocycles. The SMILES string of the molecule is O=C(NCCC1CCCNC1)c1cc(F)cc(F)c1. The number of hydrogen-bond acceptors (Lipinski definition) is 2. The highest BCUT2D eigenvalue weighted by molar-refractivity contribution is 5.94. The zero-order valence-corrected chi connectivity index (χ0v) is 10.7. The van der Waals surface area contributed by atoms with Crippen molar-refractivity contribution in [1.29, 1.82) is 0 Å². The standard InChI is InChI=1S/C14H18F2N2O/c15-12-6-11(7-13(16)8-12)14(19)18-5-3-10-2-1-4-17-9-10/h6-8,10,17H,1-5,9H2,(H,18,19). The number of benzene rings is 1. The van der Waals surface area contributed by atoms with E-state index in [4.69, 9.17) is 0 Å². The van der Waals surface area contributed by atoms with Gasteiger partial charge in [-0.15, -0.1) is 0 Å². The van der Waals surface area contributed by atoms with E-state index in [1.54, 1.807) is 0 Å². The second kappa shape index (κ2) is 6.61. The van der Waals surface area contributed by atoms with E-state index in [1.165, 1.54) is 0 Å². The predicted molar refractivity (Wildman–Crippen MR) is 68.9 cm³/mol. The first-order valence-corrected chi connectivity index (χ1v) is 6.60. The van der Waals surface area contributed by atoms with Crippen molar-refractivity contribution >= 4 is 5.91 Å². The molecule has 1 aliphatic heterocycles. The van der Waals surface area contributed by atoms with E-state index in [-0.39, 0.29) is 5.56 Å². The third-order valence-electron chi connectivity index (χ3n) is 3.36. The van der Waals surface area contributed by atoms with Crippen LogP contribution < -0.4 is 10.6 Å². The minimum absolute atomic E-state index is 0.0271. The van der Waals surface area contributed by atoms with Crippen molar-refractivity contribution in [3.05, 3.63) is 35.4 Å². The molecule has 1 amide bonds. The Labute approximate surface area is 111 Å². The summed E-state index contributed by atoms with van der Waals surface area (Å²) in [4.78, 5) is 11.7. The van der Waals surface area contributed by atoms with Crippen molar-refractivity contribution in [3.63, 3.8) is 0 Å². The van der Waals surface area contributed by atoms with E-state index in [1.807, 2.05) is 0 Å². The Morgan fingerprint density at radius 3 is 2.68 bits per heavy atom. The Kier molecular flexibility index (Phi) is 4.85. The van der Waals surface area contributed by atoms with Crippen molar-refractivity contribution in [1.82, 2.24) is 10.6 Å². The number of nitrogens with one attached hydrogen (secondary N) is 2. The second-order valence-electron chi connectivity index (χ2n) is 4.92. The van der Waals surface area contributed by atoms with E-state index in [9.17, 15) is 13.6 Å². The third kappa shape index (κ3) is 4.28. The highest BCUT2D eigenvalue weighted by Gasteiger charge is 2.13. The monoisotopic (exact) mass is 268 g/mol. The quantitative estimate of drug-likeness (QED) is 0.878. The molecule has 1 saturated heterocycles. The van der Waals surface area contributed by atoms with Crippen molar-refractivity contribution in [2.24, 2.45) is 5.92 Å². The van der Waals surface area contributed by atoms with Gasteiger partial charge in [-0.2, -0.15) is 0 Å². The summed E-state index contributed by atoms with van der Waals surface area (Å²) in [6, 6.07) is 2.84. The number of hydrogen-bond donors (Lipinski definition) is 2. The van der Waals surface area contributed by atoms with Gasteiger partial charge in [0.2, 0.25) is 0 Å². The number of piperidine rings is 1. The fourth-order valence-corrected chi connectivity index (χ4v) is 2.35. The van der Waals surface area contributed by atoms with Crippen LogP contribution in [0.5, 0.6) is 0 Å². The van der Waals surface area contributed by atoms with Crippen molar-refractivity contribution < 1.29 is 13.6 Å². The van der Waals surface area contributed by atoms with E-state index in [0.29, 0.717) is 12.5 Å². The van der Waals surface area contributed by atoms with Gasteiger partial charge in [-0.25, -0.2) is 8.78 Å². The van der Waals surface area contributed by atoms with E-state index in [0.717, 1.165) is 50.6 Å². The van der Waals surface area contributed by atoms with Gasteiger partial charge in [-0.3, -0.25) is 4.79 Å². The minimum atomic E-state index is -0.735. The number of amides is 1. The van der Waals surface area contributed by atoms with Crippen LogP contribution in [0.3, 0.4) is 0 Å². The molecule has 1 heterocycles. The lowest BCUT2D eigenvalue weighted by Gasteiger charge is -2.22. The third-order valence-corrected chi connectivity index (χ3v) is 3.36. The largest absolute Gasteiger partial charge is 0.352 e. The summed E-state index contributed by atoms with van der Waals surface area (Å²) in [6.07, 6.45) is 3.21. The topological polar surface area (TPSA) is 41.1 Å². The van der Waals surface area contributed by atoms with Gasteiger partial charge in [0.15, 0.2) is 0 Å². The van der Waals surface area contributed by atoms with Gasteiger partial charge in [0.05, 0.1) is 0 Å². The fraction of sp³-hybridized carbons (Fsp3) is 0.500. The molecule has 5 heteroatoms. The first-order chi connectivity index (χ1) is 9.15. The maximum absolute atomic E-state index is 13.0. The first kappa shape index (κ1) is 13.9. The van der Waals surface area contributed by atoms with Crippen molar-refractivity contribution in [2.75, 3.05) is 19.6 Å². The molecular weight excluding hydrogens is 250 g/mol. The molecule has 1 unspecified atom stereocenters. The van der Waals surface area contributed by atoms with Gasteiger partial charge in [0, 0.05) is 18.2 Å². The van der Waals surface area contributed by atoms with Crippen LogP contribution in [0.1, 0.15) is 29.6 Å². The molecule has 1 aromatic carbocycles. The molecular formula is C14H18F2N2O. The maximum Gasteiger partial charge on any atom is 0.251 e. The zero-order valence-electron chi connectivity index (χ0n) is 10.7. The van der Waals surface area contributed by atoms with Crippen LogP contribution in [0.4, 0.5) is 8.78 Å². The molecule has 0 aliphatic carbocycles. The summed E-state index contributed by atoms with van der Waals surface area (Å²) in [7, 11) is 0. The Hall–Kier alpha value is -1.49. The summed E-state index contributed by atoms with van der Waals surface area (Å²) in [6.45, 7) is 2.57. The lowest BCUT2D eigenvalue weighted by Crippen LogP contribution is -2.33. The van der Waals surface area contributed by atoms with Crippen LogP contribution in [-0.4, -0.2) is 25.5 Å². The van der Waals surface area contributed by atoms with Crippen LogP contribution in [0.2, 0.25) is 0 Å². The lowest BCUT2D eigenvalue weighted by atomic mass is 9.96. The van der Waals surface area contributed by atoms with E-state index < -0.39 is 17.5 Å². The van der Waals surface area contributed by atoms with E-state index in [2.05, 4.69) is 10.6 Å². The summed E-state index contributed by atoms with van der Waals surface area (Å²) in [5.74, 6) is -1.33. The van der Waals surface area contributed by atoms with Gasteiger partial charge in [0.1, 0.15) is 11.6 Å². The number of halogens is 2. The molecule has 0 radical (unpaired) electrons. The normalized spacial score (nSPS) is 19.2. The van der Waals surface area contributed by atoms with Crippen LogP contribution in [0, 0.1) is 17.6 Å². The molecule has 1 fully saturated rings. The molecule has 0 spiro atoms. The van der Waals surface area contributed by atoms with Crippen LogP contribution in [0.25, 0.3) is 0 Å². The van der Waals surface area contributed by atoms with Crippen molar-refractivity contribution in [3.8, 4) is 0 Å². The number of carbonyl (C=O) groups excluding carboxylic acids is 1. The Morgan fingerprint density at radius 2 is 2.05 bits per heavy atom. The average molecular weight is 268 g/mol. The number of rotatable bonds is 4. The molecule has 104 valence electrons. The Bertz CT molecular complexity index is 425. The molecule has 2 N–H and O–H groups in total. The predicted octanol–water partition coefficient (Wildman–Crippen LogP) is 2.08. The average Bonchev–Trinajstić information content (AvgIpc) is 2.38. The van der Waals surface area contributed by atoms with Gasteiger partial charge >= 0.3 is 0 Å². The molecule has 0 bridgehead atoms. The first-order valence-electron chi connectivity index (χ1n) is 6.60. The second-order valence-corrected chi connectivity index (χ2v) is 4.92. The molecule has 1 atom stereocenters. The highest BCUT2D eigenvalue weighted by Crippen LogP contribution is 2.13. The van der Waals surface area contributed by atoms with Crippen LogP contribution >= 0.6 is 0 Å². The summed E-state index contributed by atoms with van der Waals surface area (Å²) in [5, 5.41) is 6.01. The van der Waals surface area contributed by atoms with E-state index >= 15 is 0 Å². The molecule has 0 saturated carbocycles. The molecule has 3 nitrogen and oxygen atoms in total. The van der Waals surface area contributed by atoms with Crippen LogP contribution in [0.15, 0.2) is 18.2 Å². The van der Waals surface area contributed by atoms with Gasteiger partial charge in [-0.1, -0.05) is 0 Å². The maximum atomic E-state index is 13.0. The molecule has 19 heavy (non-hydrogen) atoms. The van der Waals surface area contributed by atoms with Gasteiger partial charge in [-0.05, 0) is 50.4 Å². The molecule has 1 aromatic rings. The smallest absolute Gasteiger partial charge is 0.251 e. The minimum Gasteiger partial charge on any atom is -0.352 e. The fourth-order valence-electron chi connectivity index (χ4n) is 2.35. The highest BCUT2D eigenvalue weighted by atomic mass is 19.1. The Morgan fingerprint density at radius 1 is 1.32 bits per heavy atom. The summed E-state index contributed by atoms with van der Waals surface area (Å²) in [5.41, 5.74) is 0.0271. The lowest BCUT2D eigenvalue weighted by molar-refractivity contribution is 0.0949. The van der Waals surface area contributed by atoms with Gasteiger partial charge < -0.3 is 10.6 Å². The van der Waals surface area contributed by atoms with Crippen LogP contribution in [-0.2, 0) is 0 Å².